The van der Waals surface area contributed by atoms with Crippen molar-refractivity contribution in [3.63, 3.8) is 0 Å². The SMILES string of the molecule is CCO.COc1cc(C)c2[nH]ccc2c1CN1CCCCC1.Nc1ccccc1C(=O)O. The number of likely N-dealkylation sites (tertiary alicyclic amines) is 1. The molecule has 0 amide bonds. The molecular formula is C25H35N3O4. The Kier molecular flexibility index (Phi) is 10.0. The van der Waals surface area contributed by atoms with Gasteiger partial charge in [-0.2, -0.15) is 0 Å². The van der Waals surface area contributed by atoms with Crippen LogP contribution in [-0.2, 0) is 6.54 Å². The number of carbonyl (C=O) groups is 1. The molecule has 0 saturated carbocycles. The van der Waals surface area contributed by atoms with Crippen molar-refractivity contribution in [2.24, 2.45) is 0 Å². The zero-order valence-corrected chi connectivity index (χ0v) is 19.2. The van der Waals surface area contributed by atoms with Crippen LogP contribution in [0.4, 0.5) is 5.69 Å². The fraction of sp³-hybridized carbons (Fsp3) is 0.400. The van der Waals surface area contributed by atoms with Crippen LogP contribution in [0.25, 0.3) is 10.9 Å². The number of hydrogen-bond donors (Lipinski definition) is 4. The lowest BCUT2D eigenvalue weighted by Gasteiger charge is -2.27. The zero-order valence-electron chi connectivity index (χ0n) is 19.2. The predicted octanol–water partition coefficient (Wildman–Crippen LogP) is 4.44. The van der Waals surface area contributed by atoms with E-state index in [0.717, 1.165) is 12.3 Å². The van der Waals surface area contributed by atoms with Crippen molar-refractivity contribution in [3.05, 3.63) is 59.3 Å². The Labute approximate surface area is 189 Å². The lowest BCUT2D eigenvalue weighted by molar-refractivity contribution is 0.0698. The lowest BCUT2D eigenvalue weighted by atomic mass is 10.0. The number of para-hydroxylation sites is 1. The number of aromatic nitrogens is 1. The molecule has 2 heterocycles. The van der Waals surface area contributed by atoms with E-state index in [1.807, 2.05) is 6.20 Å². The fourth-order valence-electron chi connectivity index (χ4n) is 3.81. The van der Waals surface area contributed by atoms with E-state index in [1.54, 1.807) is 32.2 Å². The average Bonchev–Trinajstić information content (AvgIpc) is 3.28. The van der Waals surface area contributed by atoms with Crippen LogP contribution in [-0.4, -0.2) is 52.9 Å². The summed E-state index contributed by atoms with van der Waals surface area (Å²) in [5.74, 6) is 0.0354. The van der Waals surface area contributed by atoms with Crippen LogP contribution in [0.5, 0.6) is 5.75 Å². The Morgan fingerprint density at radius 3 is 2.41 bits per heavy atom. The molecule has 4 rings (SSSR count). The van der Waals surface area contributed by atoms with E-state index in [9.17, 15) is 4.79 Å². The van der Waals surface area contributed by atoms with Crippen molar-refractivity contribution in [1.82, 2.24) is 9.88 Å². The van der Waals surface area contributed by atoms with Gasteiger partial charge < -0.3 is 25.7 Å². The Morgan fingerprint density at radius 1 is 1.19 bits per heavy atom. The van der Waals surface area contributed by atoms with Gasteiger partial charge in [-0.15, -0.1) is 0 Å². The number of aliphatic hydroxyl groups is 1. The average molecular weight is 442 g/mol. The standard InChI is InChI=1S/C16H22N2O.C7H7NO2.C2H6O/c1-12-10-15(19-2)14(13-6-7-17-16(12)13)11-18-8-4-3-5-9-18;8-6-4-2-1-3-5(6)7(9)10;1-2-3/h6-7,10,17H,3-5,8-9,11H2,1-2H3;1-4H,8H2,(H,9,10);3H,2H2,1H3. The number of methoxy groups -OCH3 is 1. The van der Waals surface area contributed by atoms with E-state index in [-0.39, 0.29) is 12.2 Å². The summed E-state index contributed by atoms with van der Waals surface area (Å²) in [6, 6.07) is 10.7. The first-order chi connectivity index (χ1) is 15.4. The number of aryl methyl sites for hydroxylation is 1. The number of anilines is 1. The van der Waals surface area contributed by atoms with E-state index in [2.05, 4.69) is 28.9 Å². The van der Waals surface area contributed by atoms with Gasteiger partial charge in [0.1, 0.15) is 5.75 Å². The van der Waals surface area contributed by atoms with E-state index in [0.29, 0.717) is 5.69 Å². The number of H-pyrrole nitrogens is 1. The predicted molar refractivity (Wildman–Crippen MR) is 129 cm³/mol. The smallest absolute Gasteiger partial charge is 0.337 e. The number of benzene rings is 2. The summed E-state index contributed by atoms with van der Waals surface area (Å²) >= 11 is 0. The molecule has 7 heteroatoms. The number of nitrogens with zero attached hydrogens (tertiary/aromatic N) is 1. The highest BCUT2D eigenvalue weighted by Crippen LogP contribution is 2.32. The van der Waals surface area contributed by atoms with Crippen LogP contribution in [0.15, 0.2) is 42.6 Å². The molecule has 0 aliphatic carbocycles. The highest BCUT2D eigenvalue weighted by Gasteiger charge is 2.17. The Bertz CT molecular complexity index is 994. The van der Waals surface area contributed by atoms with Gasteiger partial charge >= 0.3 is 5.97 Å². The minimum atomic E-state index is -0.988. The van der Waals surface area contributed by atoms with Crippen LogP contribution in [0.1, 0.15) is 47.7 Å². The van der Waals surface area contributed by atoms with Crippen molar-refractivity contribution in [3.8, 4) is 5.75 Å². The molecule has 2 aromatic carbocycles. The van der Waals surface area contributed by atoms with Crippen molar-refractivity contribution in [2.45, 2.75) is 39.7 Å². The van der Waals surface area contributed by atoms with Crippen molar-refractivity contribution < 1.29 is 19.7 Å². The summed E-state index contributed by atoms with van der Waals surface area (Å²) in [5, 5.41) is 17.4. The first kappa shape index (κ1) is 25.2. The number of aromatic amines is 1. The summed E-state index contributed by atoms with van der Waals surface area (Å²) in [5.41, 5.74) is 9.61. The largest absolute Gasteiger partial charge is 0.496 e. The molecule has 1 fully saturated rings. The number of nitrogen functional groups attached to an aromatic ring is 1. The number of nitrogens with two attached hydrogens (primary N) is 1. The summed E-state index contributed by atoms with van der Waals surface area (Å²) in [7, 11) is 1.77. The van der Waals surface area contributed by atoms with Gasteiger partial charge in [-0.25, -0.2) is 4.79 Å². The molecule has 32 heavy (non-hydrogen) atoms. The first-order valence-electron chi connectivity index (χ1n) is 11.0. The maximum absolute atomic E-state index is 10.3. The molecule has 5 N–H and O–H groups in total. The Balaban J connectivity index is 0.000000235. The molecule has 3 aromatic rings. The molecule has 1 aliphatic rings. The number of aliphatic hydroxyl groups excluding tert-OH is 1. The molecule has 0 bridgehead atoms. The molecular weight excluding hydrogens is 406 g/mol. The maximum Gasteiger partial charge on any atom is 0.337 e. The second kappa shape index (κ2) is 12.7. The van der Waals surface area contributed by atoms with Gasteiger partial charge in [0, 0.05) is 41.5 Å². The molecule has 7 nitrogen and oxygen atoms in total. The third kappa shape index (κ3) is 6.73. The van der Waals surface area contributed by atoms with Gasteiger partial charge in [-0.1, -0.05) is 18.6 Å². The Hall–Kier alpha value is -3.03. The third-order valence-electron chi connectivity index (χ3n) is 5.35. The highest BCUT2D eigenvalue weighted by molar-refractivity contribution is 5.93. The number of ether oxygens (including phenoxy) is 1. The number of carboxylic acids is 1. The molecule has 1 aliphatic heterocycles. The van der Waals surface area contributed by atoms with E-state index in [1.165, 1.54) is 60.4 Å². The number of hydrogen-bond acceptors (Lipinski definition) is 5. The summed E-state index contributed by atoms with van der Waals surface area (Å²) in [6.07, 6.45) is 6.05. The first-order valence-corrected chi connectivity index (χ1v) is 11.0. The zero-order chi connectivity index (χ0) is 23.5. The van der Waals surface area contributed by atoms with Crippen LogP contribution in [0, 0.1) is 6.92 Å². The molecule has 1 saturated heterocycles. The second-order valence-electron chi connectivity index (χ2n) is 7.69. The lowest BCUT2D eigenvalue weighted by Crippen LogP contribution is -2.29. The summed E-state index contributed by atoms with van der Waals surface area (Å²) in [6.45, 7) is 7.48. The van der Waals surface area contributed by atoms with Crippen LogP contribution < -0.4 is 10.5 Å². The second-order valence-corrected chi connectivity index (χ2v) is 7.69. The molecule has 0 unspecified atom stereocenters. The molecule has 0 atom stereocenters. The van der Waals surface area contributed by atoms with Gasteiger partial charge in [0.15, 0.2) is 0 Å². The van der Waals surface area contributed by atoms with Gasteiger partial charge in [-0.3, -0.25) is 4.90 Å². The topological polar surface area (TPSA) is 112 Å². The van der Waals surface area contributed by atoms with Crippen LogP contribution in [0.3, 0.4) is 0 Å². The highest BCUT2D eigenvalue weighted by atomic mass is 16.5. The monoisotopic (exact) mass is 441 g/mol. The van der Waals surface area contributed by atoms with Crippen molar-refractivity contribution in [2.75, 3.05) is 32.5 Å². The quantitative estimate of drug-likeness (QED) is 0.446. The molecule has 0 radical (unpaired) electrons. The number of aromatic carboxylic acids is 1. The van der Waals surface area contributed by atoms with Gasteiger partial charge in [0.2, 0.25) is 0 Å². The van der Waals surface area contributed by atoms with E-state index in [4.69, 9.17) is 20.7 Å². The number of carboxylic acid groups (broad SMARTS) is 1. The molecule has 174 valence electrons. The Morgan fingerprint density at radius 2 is 1.84 bits per heavy atom. The molecule has 1 aromatic heterocycles. The minimum Gasteiger partial charge on any atom is -0.496 e. The van der Waals surface area contributed by atoms with Crippen molar-refractivity contribution >= 4 is 22.6 Å². The van der Waals surface area contributed by atoms with Crippen molar-refractivity contribution in [1.29, 1.82) is 0 Å². The van der Waals surface area contributed by atoms with Gasteiger partial charge in [0.25, 0.3) is 0 Å². The number of nitrogens with one attached hydrogen (secondary N) is 1. The van der Waals surface area contributed by atoms with Gasteiger partial charge in [-0.05, 0) is 69.6 Å². The van der Waals surface area contributed by atoms with Gasteiger partial charge in [0.05, 0.1) is 12.7 Å². The van der Waals surface area contributed by atoms with Crippen LogP contribution >= 0.6 is 0 Å². The maximum atomic E-state index is 10.3. The minimum absolute atomic E-state index is 0.155. The number of piperidine rings is 1. The summed E-state index contributed by atoms with van der Waals surface area (Å²) < 4.78 is 5.60. The molecule has 0 spiro atoms. The van der Waals surface area contributed by atoms with Crippen LogP contribution in [0.2, 0.25) is 0 Å². The van der Waals surface area contributed by atoms with E-state index < -0.39 is 5.97 Å². The summed E-state index contributed by atoms with van der Waals surface area (Å²) in [4.78, 5) is 16.2. The van der Waals surface area contributed by atoms with E-state index >= 15 is 0 Å². The fourth-order valence-corrected chi connectivity index (χ4v) is 3.81. The third-order valence-corrected chi connectivity index (χ3v) is 5.35. The number of rotatable bonds is 4. The number of fused-ring (bicyclic) bond motifs is 1. The normalized spacial score (nSPS) is 13.5.